The monoisotopic (exact) mass is 310 g/mol. The molecule has 2 saturated carbocycles. The average molecular weight is 312 g/mol. The molecular weight excluding hydrogens is 288 g/mol. The Morgan fingerprint density at radius 3 is 1.41 bits per heavy atom. The molecule has 0 bridgehead atoms. The van der Waals surface area contributed by atoms with Crippen molar-refractivity contribution in [3.8, 4) is 0 Å². The summed E-state index contributed by atoms with van der Waals surface area (Å²) in [6, 6.07) is 0. The van der Waals surface area contributed by atoms with E-state index in [2.05, 4.69) is 0 Å². The predicted molar refractivity (Wildman–Crippen MR) is 64.9 cm³/mol. The molecule has 96 valence electrons. The molecule has 0 saturated heterocycles. The predicted octanol–water partition coefficient (Wildman–Crippen LogP) is 4.07. The van der Waals surface area contributed by atoms with Crippen molar-refractivity contribution in [3.63, 3.8) is 0 Å². The van der Waals surface area contributed by atoms with Crippen LogP contribution in [0, 0.1) is 0 Å². The molecule has 2 fully saturated rings. The molecule has 3 nitrogen and oxygen atoms in total. The zero-order valence-electron chi connectivity index (χ0n) is 10.7. The van der Waals surface area contributed by atoms with Gasteiger partial charge in [-0.25, -0.2) is 0 Å². The van der Waals surface area contributed by atoms with Crippen LogP contribution in [0.4, 0.5) is 0 Å². The van der Waals surface area contributed by atoms with Crippen LogP contribution in [-0.2, 0) is 33.1 Å². The van der Waals surface area contributed by atoms with Gasteiger partial charge >= 0.3 is 8.25 Å². The summed E-state index contributed by atoms with van der Waals surface area (Å²) in [6.45, 7) is 0. The van der Waals surface area contributed by atoms with Crippen molar-refractivity contribution in [2.45, 2.75) is 76.4 Å². The first kappa shape index (κ1) is 15.8. The van der Waals surface area contributed by atoms with Crippen LogP contribution < -0.4 is 0 Å². The summed E-state index contributed by atoms with van der Waals surface area (Å²) >= 11 is 0. The van der Waals surface area contributed by atoms with Gasteiger partial charge in [0.15, 0.2) is 0 Å². The summed E-state index contributed by atoms with van der Waals surface area (Å²) in [5, 5.41) is 0. The molecule has 17 heavy (non-hydrogen) atoms. The molecule has 0 aromatic rings. The van der Waals surface area contributed by atoms with E-state index in [1.165, 1.54) is 38.5 Å². The van der Waals surface area contributed by atoms with Crippen molar-refractivity contribution in [1.82, 2.24) is 0 Å². The van der Waals surface area contributed by atoms with Gasteiger partial charge in [0.1, 0.15) is 0 Å². The molecule has 0 amide bonds. The minimum atomic E-state index is -2.24. The molecule has 0 aromatic heterocycles. The minimum Gasteiger partial charge on any atom is -0.307 e. The van der Waals surface area contributed by atoms with Crippen LogP contribution in [0.5, 0.6) is 0 Å². The van der Waals surface area contributed by atoms with E-state index in [-0.39, 0.29) is 31.7 Å². The van der Waals surface area contributed by atoms with Crippen molar-refractivity contribution >= 4 is 8.25 Å². The van der Waals surface area contributed by atoms with Crippen LogP contribution in [0.3, 0.4) is 0 Å². The Hall–Kier alpha value is 0.773. The Kier molecular flexibility index (Phi) is 8.20. The van der Waals surface area contributed by atoms with Crippen LogP contribution in [-0.4, -0.2) is 12.2 Å². The van der Waals surface area contributed by atoms with Gasteiger partial charge < -0.3 is 9.05 Å². The molecular formula is C12H23O3PZn. The maximum absolute atomic E-state index is 11.7. The van der Waals surface area contributed by atoms with Gasteiger partial charge in [0.05, 0.1) is 12.2 Å². The summed E-state index contributed by atoms with van der Waals surface area (Å²) in [4.78, 5) is 0. The summed E-state index contributed by atoms with van der Waals surface area (Å²) in [5.41, 5.74) is 0. The first-order chi connectivity index (χ1) is 7.84. The normalized spacial score (nSPS) is 23.6. The molecule has 0 radical (unpaired) electrons. The van der Waals surface area contributed by atoms with Crippen molar-refractivity contribution in [2.24, 2.45) is 0 Å². The molecule has 0 unspecified atom stereocenters. The minimum absolute atomic E-state index is 0. The van der Waals surface area contributed by atoms with E-state index in [9.17, 15) is 4.57 Å². The second-order valence-corrected chi connectivity index (χ2v) is 5.98. The number of hydrogen-bond acceptors (Lipinski definition) is 3. The maximum atomic E-state index is 11.7. The number of rotatable bonds is 4. The van der Waals surface area contributed by atoms with E-state index in [0.717, 1.165) is 25.7 Å². The molecule has 0 heterocycles. The fourth-order valence-electron chi connectivity index (χ4n) is 2.67. The summed E-state index contributed by atoms with van der Waals surface area (Å²) in [7, 11) is -2.24. The van der Waals surface area contributed by atoms with Crippen molar-refractivity contribution in [1.29, 1.82) is 0 Å². The smallest absolute Gasteiger partial charge is 0.307 e. The zero-order chi connectivity index (χ0) is 11.2. The largest absolute Gasteiger partial charge is 0.319 e. The Morgan fingerprint density at radius 1 is 0.706 bits per heavy atom. The Bertz CT molecular complexity index is 204. The van der Waals surface area contributed by atoms with Gasteiger partial charge in [-0.05, 0) is 25.7 Å². The van der Waals surface area contributed by atoms with E-state index in [0.29, 0.717) is 0 Å². The van der Waals surface area contributed by atoms with Crippen LogP contribution in [0.2, 0.25) is 0 Å². The van der Waals surface area contributed by atoms with E-state index >= 15 is 0 Å². The van der Waals surface area contributed by atoms with Gasteiger partial charge in [-0.1, -0.05) is 38.5 Å². The molecule has 2 aliphatic rings. The second kappa shape index (κ2) is 8.80. The Morgan fingerprint density at radius 2 is 1.06 bits per heavy atom. The third-order valence-electron chi connectivity index (χ3n) is 3.63. The molecule has 5 heteroatoms. The Balaban J connectivity index is 0.00000144. The first-order valence-corrected chi connectivity index (χ1v) is 7.94. The van der Waals surface area contributed by atoms with E-state index in [4.69, 9.17) is 9.05 Å². The Labute approximate surface area is 118 Å². The van der Waals surface area contributed by atoms with Crippen LogP contribution in [0.1, 0.15) is 64.2 Å². The summed E-state index contributed by atoms with van der Waals surface area (Å²) < 4.78 is 22.8. The van der Waals surface area contributed by atoms with E-state index in [1.54, 1.807) is 0 Å². The van der Waals surface area contributed by atoms with Gasteiger partial charge in [-0.15, -0.1) is 0 Å². The average Bonchev–Trinajstić information content (AvgIpc) is 2.31. The maximum Gasteiger partial charge on any atom is 0.319 e. The van der Waals surface area contributed by atoms with Gasteiger partial charge in [-0.3, -0.25) is 4.57 Å². The third kappa shape index (κ3) is 5.96. The SMILES string of the molecule is O=[PH](OC1CCCCC1)OC1CCCCC1.[Zn]. The van der Waals surface area contributed by atoms with Crippen LogP contribution in [0.25, 0.3) is 0 Å². The first-order valence-electron chi connectivity index (χ1n) is 6.72. The summed E-state index contributed by atoms with van der Waals surface area (Å²) in [5.74, 6) is 0. The van der Waals surface area contributed by atoms with Crippen LogP contribution >= 0.6 is 8.25 Å². The quantitative estimate of drug-likeness (QED) is 0.580. The van der Waals surface area contributed by atoms with Gasteiger partial charge in [0.25, 0.3) is 0 Å². The van der Waals surface area contributed by atoms with Gasteiger partial charge in [0.2, 0.25) is 0 Å². The molecule has 0 aliphatic heterocycles. The van der Waals surface area contributed by atoms with Gasteiger partial charge in [-0.2, -0.15) is 0 Å². The van der Waals surface area contributed by atoms with Crippen molar-refractivity contribution in [3.05, 3.63) is 0 Å². The molecule has 0 spiro atoms. The van der Waals surface area contributed by atoms with Crippen molar-refractivity contribution < 1.29 is 33.1 Å². The fraction of sp³-hybridized carbons (Fsp3) is 1.00. The summed E-state index contributed by atoms with van der Waals surface area (Å²) in [6.07, 6.45) is 12.1. The second-order valence-electron chi connectivity index (χ2n) is 5.01. The van der Waals surface area contributed by atoms with Gasteiger partial charge in [0, 0.05) is 19.5 Å². The zero-order valence-corrected chi connectivity index (χ0v) is 14.6. The van der Waals surface area contributed by atoms with E-state index in [1.807, 2.05) is 0 Å². The van der Waals surface area contributed by atoms with Crippen molar-refractivity contribution in [2.75, 3.05) is 0 Å². The number of hydrogen-bond donors (Lipinski definition) is 0. The standard InChI is InChI=1S/C12H23O3P.Zn/c13-16(14-11-7-3-1-4-8-11)15-12-9-5-2-6-10-12;/h11-12,16H,1-10H2;. The molecule has 0 aromatic carbocycles. The molecule has 2 aliphatic carbocycles. The molecule has 0 N–H and O–H groups in total. The molecule has 0 atom stereocenters. The fourth-order valence-corrected chi connectivity index (χ4v) is 3.74. The van der Waals surface area contributed by atoms with Crippen LogP contribution in [0.15, 0.2) is 0 Å². The topological polar surface area (TPSA) is 35.5 Å². The third-order valence-corrected chi connectivity index (χ3v) is 4.68. The van der Waals surface area contributed by atoms with E-state index < -0.39 is 8.25 Å². The molecule has 2 rings (SSSR count).